The molecule has 36 heteroatoms. The number of halogens is 12. The van der Waals surface area contributed by atoms with Crippen molar-refractivity contribution in [2.75, 3.05) is 72.5 Å². The van der Waals surface area contributed by atoms with Crippen LogP contribution in [-0.4, -0.2) is 123 Å². The molecule has 592 valence electrons. The zero-order valence-corrected chi connectivity index (χ0v) is 65.4. The van der Waals surface area contributed by atoms with Crippen molar-refractivity contribution < 1.29 is 105 Å². The molecule has 2 unspecified atom stereocenters. The molecule has 0 spiro atoms. The van der Waals surface area contributed by atoms with Gasteiger partial charge in [0.15, 0.2) is 95.5 Å². The van der Waals surface area contributed by atoms with Crippen LogP contribution < -0.4 is 18.9 Å². The quantitative estimate of drug-likeness (QED) is 0.128. The molecule has 0 bridgehead atoms. The monoisotopic (exact) mass is 1760 g/mol. The molecule has 8 aromatic carbocycles. The number of rotatable bonds is 8. The number of hydrogen-bond donors (Lipinski definition) is 0. The molecule has 16 rings (SSSR count). The van der Waals surface area contributed by atoms with E-state index >= 15 is 0 Å². The number of sulfone groups is 5. The molecule has 8 aliphatic heterocycles. The molecule has 8 heterocycles. The summed E-state index contributed by atoms with van der Waals surface area (Å²) >= 11 is 25.1. The molecule has 8 aliphatic rings. The number of hydrogen-bond acceptors (Lipinski definition) is 17. The third-order valence-electron chi connectivity index (χ3n) is 21.0. The second kappa shape index (κ2) is 32.0. The van der Waals surface area contributed by atoms with Crippen LogP contribution in [0.1, 0.15) is 62.8 Å². The second-order valence-electron chi connectivity index (χ2n) is 26.7. The lowest BCUT2D eigenvalue weighted by atomic mass is 9.81. The van der Waals surface area contributed by atoms with Crippen LogP contribution >= 0.6 is 58.2 Å². The Balaban J connectivity index is 0.000000145. The van der Waals surface area contributed by atoms with E-state index < -0.39 is 183 Å². The fourth-order valence-electron chi connectivity index (χ4n) is 16.0. The zero-order valence-electron chi connectivity index (χ0n) is 55.8. The van der Waals surface area contributed by atoms with E-state index in [0.29, 0.717) is 31.6 Å². The molecule has 0 radical (unpaired) electrons. The summed E-state index contributed by atoms with van der Waals surface area (Å²) in [6, 6.07) is 29.5. The van der Waals surface area contributed by atoms with Crippen molar-refractivity contribution in [2.45, 2.75) is 79.1 Å². The fraction of sp³-hybridized carbons (Fsp3) is 0.351. The van der Waals surface area contributed by atoms with E-state index in [0.717, 1.165) is 48.5 Å². The van der Waals surface area contributed by atoms with Crippen LogP contribution in [0.3, 0.4) is 0 Å². The lowest BCUT2D eigenvalue weighted by Gasteiger charge is -2.46. The Morgan fingerprint density at radius 1 is 0.364 bits per heavy atom. The van der Waals surface area contributed by atoms with Gasteiger partial charge in [0, 0.05) is 94.1 Å². The lowest BCUT2D eigenvalue weighted by molar-refractivity contribution is 0.166. The van der Waals surface area contributed by atoms with Gasteiger partial charge in [0.05, 0.1) is 79.8 Å². The van der Waals surface area contributed by atoms with Gasteiger partial charge in [-0.1, -0.05) is 61.3 Å². The maximum absolute atomic E-state index is 14.9. The minimum Gasteiger partial charge on any atom is -0.490 e. The van der Waals surface area contributed by atoms with Crippen molar-refractivity contribution in [2.24, 2.45) is 23.7 Å². The molecule has 10 atom stereocenters. The molecule has 0 saturated carbocycles. The average Bonchev–Trinajstić information content (AvgIpc) is 0.717. The molecular formula is C74H68Cl4F8O16S8. The van der Waals surface area contributed by atoms with E-state index in [9.17, 15) is 85.6 Å². The van der Waals surface area contributed by atoms with Crippen LogP contribution in [0.25, 0.3) is 0 Å². The highest BCUT2D eigenvalue weighted by molar-refractivity contribution is 7.99. The molecule has 0 N–H and O–H groups in total. The largest absolute Gasteiger partial charge is 0.490 e. The first kappa shape index (κ1) is 84.9. The van der Waals surface area contributed by atoms with Gasteiger partial charge in [-0.05, 0) is 177 Å². The summed E-state index contributed by atoms with van der Waals surface area (Å²) in [6.07, 6.45) is -0.344. The molecule has 0 aliphatic carbocycles. The summed E-state index contributed by atoms with van der Waals surface area (Å²) in [4.78, 5) is -0.171. The predicted molar refractivity (Wildman–Crippen MR) is 406 cm³/mol. The van der Waals surface area contributed by atoms with Crippen LogP contribution in [0.15, 0.2) is 165 Å². The van der Waals surface area contributed by atoms with Crippen molar-refractivity contribution in [3.05, 3.63) is 234 Å². The first-order valence-corrected chi connectivity index (χ1v) is 46.3. The van der Waals surface area contributed by atoms with Crippen molar-refractivity contribution in [1.29, 1.82) is 0 Å². The van der Waals surface area contributed by atoms with E-state index in [1.165, 1.54) is 97.1 Å². The lowest BCUT2D eigenvalue weighted by Crippen LogP contribution is -2.55. The van der Waals surface area contributed by atoms with Gasteiger partial charge in [-0.15, -0.1) is 0 Å². The summed E-state index contributed by atoms with van der Waals surface area (Å²) < 4.78 is 290. The number of ether oxygens (including phenoxy) is 4. The molecule has 0 amide bonds. The van der Waals surface area contributed by atoms with Gasteiger partial charge < -0.3 is 18.9 Å². The highest BCUT2D eigenvalue weighted by Gasteiger charge is 2.64. The Kier molecular flexibility index (Phi) is 24.7. The predicted octanol–water partition coefficient (Wildman–Crippen LogP) is 15.7. The summed E-state index contributed by atoms with van der Waals surface area (Å²) in [5.41, 5.74) is -1.21. The highest BCUT2D eigenvalue weighted by Crippen LogP contribution is 2.60. The second-order valence-corrected chi connectivity index (χ2v) is 43.9. The van der Waals surface area contributed by atoms with Gasteiger partial charge in [-0.3, -0.25) is 8.42 Å². The zero-order chi connectivity index (χ0) is 77.6. The first-order valence-electron chi connectivity index (χ1n) is 32.9. The van der Waals surface area contributed by atoms with Crippen molar-refractivity contribution >= 4 is 129 Å². The van der Waals surface area contributed by atoms with Crippen LogP contribution in [0, 0.1) is 70.2 Å². The Morgan fingerprint density at radius 3 is 0.918 bits per heavy atom. The molecular weight excluding hydrogens is 1700 g/mol. The van der Waals surface area contributed by atoms with Crippen LogP contribution in [0.4, 0.5) is 35.1 Å². The van der Waals surface area contributed by atoms with Gasteiger partial charge >= 0.3 is 0 Å². The Morgan fingerprint density at radius 2 is 0.618 bits per heavy atom. The molecule has 4 fully saturated rings. The smallest absolute Gasteiger partial charge is 0.188 e. The summed E-state index contributed by atoms with van der Waals surface area (Å²) in [5.74, 6) is -10.9. The molecule has 16 nitrogen and oxygen atoms in total. The van der Waals surface area contributed by atoms with Gasteiger partial charge in [-0.2, -0.15) is 11.8 Å². The maximum atomic E-state index is 14.9. The van der Waals surface area contributed by atoms with Crippen molar-refractivity contribution in [1.82, 2.24) is 0 Å². The maximum Gasteiger partial charge on any atom is 0.188 e. The van der Waals surface area contributed by atoms with Crippen molar-refractivity contribution in [3.8, 4) is 23.0 Å². The normalized spacial score (nSPS) is 26.0. The number of benzene rings is 8. The summed E-state index contributed by atoms with van der Waals surface area (Å²) in [7, 11) is -22.7. The SMILES string of the molecule is C.C.O=S(=O)(c1ccc(Cl)cc1)[C@@]12CCSC[C@@H]1COc1c(F)ccc(F)c12.O=S1(=O)CC[C@@]2(S(=O)(=O)c3ccc(Cl)cc3)c3c(F)ccc(F)c3OC[C@H]2C1.O=S1CC[C@@]2(S(=O)(=O)c3ccc(Cl)cc3)c3c(F)ccc(F)c3OC[C@H]2C1.O=S1CC[C@@]2(S(=O)(=O)c3ccc(Cl)cc3)c3c(F)ccc(F)c3OC[C@H]2C1. The average molecular weight is 1760 g/mol. The third-order valence-corrected chi connectivity index (χ3v) is 38.2. The van der Waals surface area contributed by atoms with Crippen LogP contribution in [0.5, 0.6) is 23.0 Å². The summed E-state index contributed by atoms with van der Waals surface area (Å²) in [5, 5.41) is 1.43. The minimum absolute atomic E-state index is 0. The van der Waals surface area contributed by atoms with Crippen molar-refractivity contribution in [3.63, 3.8) is 0 Å². The Hall–Kier alpha value is -6.04. The minimum atomic E-state index is -4.31. The Labute approximate surface area is 660 Å². The van der Waals surface area contributed by atoms with E-state index in [1.807, 2.05) is 0 Å². The number of thioether (sulfide) groups is 1. The summed E-state index contributed by atoms with van der Waals surface area (Å²) in [6.45, 7) is -0.607. The third kappa shape index (κ3) is 14.3. The van der Waals surface area contributed by atoms with Crippen LogP contribution in [0.2, 0.25) is 20.1 Å². The molecule has 110 heavy (non-hydrogen) atoms. The topological polar surface area (TPSA) is 242 Å². The van der Waals surface area contributed by atoms with Gasteiger partial charge in [0.2, 0.25) is 0 Å². The fourth-order valence-corrected chi connectivity index (χ4v) is 32.9. The first-order chi connectivity index (χ1) is 51.0. The highest BCUT2D eigenvalue weighted by atomic mass is 35.5. The molecule has 8 aromatic rings. The van der Waals surface area contributed by atoms with E-state index in [2.05, 4.69) is 0 Å². The molecule has 0 aromatic heterocycles. The van der Waals surface area contributed by atoms with Crippen LogP contribution in [-0.2, 0) is 89.8 Å². The van der Waals surface area contributed by atoms with E-state index in [-0.39, 0.29) is 143 Å². The van der Waals surface area contributed by atoms with Gasteiger partial charge in [0.25, 0.3) is 0 Å². The van der Waals surface area contributed by atoms with Gasteiger partial charge in [-0.25, -0.2) is 77.2 Å². The van der Waals surface area contributed by atoms with Gasteiger partial charge in [0.1, 0.15) is 42.3 Å². The van der Waals surface area contributed by atoms with E-state index in [4.69, 9.17) is 65.4 Å². The Bertz CT molecular complexity index is 5410. The van der Waals surface area contributed by atoms with E-state index in [1.54, 1.807) is 11.8 Å². The standard InChI is InChI=1S/C18H15ClF2O5S2.2C18H15ClF2O4S2.C18H15ClF2O3S2.2CH4/c19-12-1-3-13(4-2-12)28(24,25)18-7-8-27(22,23)10-11(18)9-26-17-15(21)6-5-14(20)16(17)18;2*19-12-1-3-13(4-2-12)27(23,24)18-7-8-26(22)10-11(18)9-25-17-15(21)6-5-14(20)16(17)18;19-12-1-3-13(4-2-12)26(22,23)18-7-8-25-10-11(18)9-24-17-15(21)6-5-14(20)16(17)18;;/h1-6,11H,7-10H2;2*1-6,11H,7-10H2;1-6,11H,7-10H2;2*1H4/t11-,18-;2*11-,18-,26?;11-,18-;;/m0000../s1. The molecule has 4 saturated heterocycles. The number of fused-ring (bicyclic) bond motifs is 12.